The Morgan fingerprint density at radius 3 is 2.76 bits per heavy atom. The summed E-state index contributed by atoms with van der Waals surface area (Å²) in [5.74, 6) is 0. The summed E-state index contributed by atoms with van der Waals surface area (Å²) in [6.07, 6.45) is 4.63. The number of hydrogen-bond donors (Lipinski definition) is 1. The Kier molecular flexibility index (Phi) is 3.79. The lowest BCUT2D eigenvalue weighted by atomic mass is 10.2. The fourth-order valence-corrected chi connectivity index (χ4v) is 4.30. The van der Waals surface area contributed by atoms with E-state index in [2.05, 4.69) is 5.10 Å². The Hall–Kier alpha value is -1.70. The second kappa shape index (κ2) is 5.59. The van der Waals surface area contributed by atoms with Gasteiger partial charge < -0.3 is 5.73 Å². The van der Waals surface area contributed by atoms with E-state index in [0.717, 1.165) is 18.5 Å². The molecule has 112 valence electrons. The van der Waals surface area contributed by atoms with Gasteiger partial charge in [0.15, 0.2) is 0 Å². The second-order valence-electron chi connectivity index (χ2n) is 5.10. The predicted octanol–water partition coefficient (Wildman–Crippen LogP) is 0.984. The van der Waals surface area contributed by atoms with Crippen molar-refractivity contribution in [2.24, 2.45) is 5.73 Å². The van der Waals surface area contributed by atoms with Crippen LogP contribution in [-0.2, 0) is 10.0 Å². The summed E-state index contributed by atoms with van der Waals surface area (Å²) >= 11 is 0. The van der Waals surface area contributed by atoms with Gasteiger partial charge in [-0.25, -0.2) is 13.1 Å². The van der Waals surface area contributed by atoms with Crippen molar-refractivity contribution in [3.8, 4) is 5.69 Å². The van der Waals surface area contributed by atoms with Crippen LogP contribution in [0.4, 0.5) is 0 Å². The van der Waals surface area contributed by atoms with Gasteiger partial charge in [-0.05, 0) is 25.0 Å². The van der Waals surface area contributed by atoms with E-state index >= 15 is 0 Å². The number of rotatable bonds is 4. The zero-order valence-corrected chi connectivity index (χ0v) is 12.4. The van der Waals surface area contributed by atoms with Gasteiger partial charge in [0.25, 0.3) is 0 Å². The molecule has 1 aliphatic heterocycles. The molecule has 0 saturated carbocycles. The molecule has 1 fully saturated rings. The van der Waals surface area contributed by atoms with Crippen molar-refractivity contribution < 1.29 is 8.42 Å². The lowest BCUT2D eigenvalue weighted by Crippen LogP contribution is -2.39. The van der Waals surface area contributed by atoms with E-state index in [1.165, 1.54) is 10.5 Å². The first-order chi connectivity index (χ1) is 10.1. The summed E-state index contributed by atoms with van der Waals surface area (Å²) < 4.78 is 28.4. The molecule has 2 N–H and O–H groups in total. The number of sulfonamides is 1. The van der Waals surface area contributed by atoms with Gasteiger partial charge in [-0.1, -0.05) is 18.2 Å². The first kappa shape index (κ1) is 14.2. The summed E-state index contributed by atoms with van der Waals surface area (Å²) in [7, 11) is -3.52. The van der Waals surface area contributed by atoms with Crippen molar-refractivity contribution in [3.05, 3.63) is 42.7 Å². The Labute approximate surface area is 124 Å². The van der Waals surface area contributed by atoms with E-state index < -0.39 is 10.0 Å². The molecule has 21 heavy (non-hydrogen) atoms. The molecule has 7 heteroatoms. The average Bonchev–Trinajstić information content (AvgIpc) is 3.17. The molecule has 0 radical (unpaired) electrons. The smallest absolute Gasteiger partial charge is 0.246 e. The monoisotopic (exact) mass is 306 g/mol. The number of nitrogens with zero attached hydrogens (tertiary/aromatic N) is 3. The highest BCUT2D eigenvalue weighted by atomic mass is 32.2. The normalized spacial score (nSPS) is 20.0. The van der Waals surface area contributed by atoms with Crippen molar-refractivity contribution in [1.82, 2.24) is 14.1 Å². The average molecular weight is 306 g/mol. The summed E-state index contributed by atoms with van der Waals surface area (Å²) in [6, 6.07) is 9.33. The van der Waals surface area contributed by atoms with Crippen LogP contribution in [-0.4, -0.2) is 41.6 Å². The topological polar surface area (TPSA) is 81.2 Å². The molecule has 0 aliphatic carbocycles. The van der Waals surface area contributed by atoms with Crippen LogP contribution in [0.2, 0.25) is 0 Å². The number of aromatic nitrogens is 2. The molecule has 1 saturated heterocycles. The van der Waals surface area contributed by atoms with Crippen LogP contribution in [0.25, 0.3) is 5.69 Å². The van der Waals surface area contributed by atoms with Crippen molar-refractivity contribution in [3.63, 3.8) is 0 Å². The van der Waals surface area contributed by atoms with Gasteiger partial charge in [0, 0.05) is 19.1 Å². The van der Waals surface area contributed by atoms with Gasteiger partial charge in [0.2, 0.25) is 10.0 Å². The van der Waals surface area contributed by atoms with Gasteiger partial charge in [-0.2, -0.15) is 9.40 Å². The molecule has 1 unspecified atom stereocenters. The van der Waals surface area contributed by atoms with Crippen LogP contribution in [0.3, 0.4) is 0 Å². The molecule has 2 aromatic rings. The van der Waals surface area contributed by atoms with E-state index in [9.17, 15) is 8.42 Å². The maximum atomic E-state index is 12.7. The Morgan fingerprint density at radius 1 is 1.29 bits per heavy atom. The minimum absolute atomic E-state index is 0.102. The Morgan fingerprint density at radius 2 is 2.05 bits per heavy atom. The van der Waals surface area contributed by atoms with E-state index in [1.807, 2.05) is 30.3 Å². The predicted molar refractivity (Wildman–Crippen MR) is 79.5 cm³/mol. The molecule has 1 aromatic heterocycles. The molecule has 3 rings (SSSR count). The standard InChI is InChI=1S/C14H18N4O2S/c15-9-13-7-4-8-18(13)21(19,20)14-10-16-17(11-14)12-5-2-1-3-6-12/h1-3,5-6,10-11,13H,4,7-9,15H2. The summed E-state index contributed by atoms with van der Waals surface area (Å²) in [5.41, 5.74) is 6.50. The van der Waals surface area contributed by atoms with Gasteiger partial charge in [-0.15, -0.1) is 0 Å². The molecule has 1 atom stereocenters. The summed E-state index contributed by atoms with van der Waals surface area (Å²) in [4.78, 5) is 0.215. The lowest BCUT2D eigenvalue weighted by molar-refractivity contribution is 0.393. The van der Waals surface area contributed by atoms with Crippen molar-refractivity contribution in [2.45, 2.75) is 23.8 Å². The largest absolute Gasteiger partial charge is 0.329 e. The molecule has 0 bridgehead atoms. The Balaban J connectivity index is 1.92. The molecular weight excluding hydrogens is 288 g/mol. The van der Waals surface area contributed by atoms with Crippen LogP contribution in [0.5, 0.6) is 0 Å². The molecule has 1 aliphatic rings. The van der Waals surface area contributed by atoms with Crippen LogP contribution in [0.1, 0.15) is 12.8 Å². The van der Waals surface area contributed by atoms with Crippen molar-refractivity contribution in [2.75, 3.05) is 13.1 Å². The summed E-state index contributed by atoms with van der Waals surface area (Å²) in [6.45, 7) is 0.882. The minimum Gasteiger partial charge on any atom is -0.329 e. The fraction of sp³-hybridized carbons (Fsp3) is 0.357. The Bertz CT molecular complexity index is 712. The highest BCUT2D eigenvalue weighted by Gasteiger charge is 2.35. The quantitative estimate of drug-likeness (QED) is 0.913. The third-order valence-electron chi connectivity index (χ3n) is 3.78. The molecule has 0 spiro atoms. The van der Waals surface area contributed by atoms with Crippen LogP contribution < -0.4 is 5.73 Å². The zero-order valence-electron chi connectivity index (χ0n) is 11.6. The maximum Gasteiger partial charge on any atom is 0.246 e. The first-order valence-corrected chi connectivity index (χ1v) is 8.39. The van der Waals surface area contributed by atoms with E-state index in [0.29, 0.717) is 13.1 Å². The first-order valence-electron chi connectivity index (χ1n) is 6.95. The highest BCUT2D eigenvalue weighted by Crippen LogP contribution is 2.25. The number of nitrogens with two attached hydrogens (primary N) is 1. The van der Waals surface area contributed by atoms with E-state index in [4.69, 9.17) is 5.73 Å². The van der Waals surface area contributed by atoms with Crippen LogP contribution in [0.15, 0.2) is 47.6 Å². The SMILES string of the molecule is NCC1CCCN1S(=O)(=O)c1cnn(-c2ccccc2)c1. The van der Waals surface area contributed by atoms with Crippen molar-refractivity contribution in [1.29, 1.82) is 0 Å². The van der Waals surface area contributed by atoms with E-state index in [1.54, 1.807) is 10.9 Å². The molecular formula is C14H18N4O2S. The van der Waals surface area contributed by atoms with Crippen LogP contribution in [0, 0.1) is 0 Å². The third-order valence-corrected chi connectivity index (χ3v) is 5.69. The van der Waals surface area contributed by atoms with Crippen LogP contribution >= 0.6 is 0 Å². The number of hydrogen-bond acceptors (Lipinski definition) is 4. The second-order valence-corrected chi connectivity index (χ2v) is 6.99. The number of para-hydroxylation sites is 1. The van der Waals surface area contributed by atoms with Gasteiger partial charge in [-0.3, -0.25) is 0 Å². The molecule has 2 heterocycles. The van der Waals surface area contributed by atoms with E-state index in [-0.39, 0.29) is 10.9 Å². The lowest BCUT2D eigenvalue weighted by Gasteiger charge is -2.21. The fourth-order valence-electron chi connectivity index (χ4n) is 2.66. The highest BCUT2D eigenvalue weighted by molar-refractivity contribution is 7.89. The van der Waals surface area contributed by atoms with Gasteiger partial charge in [0.1, 0.15) is 4.90 Å². The maximum absolute atomic E-state index is 12.7. The van der Waals surface area contributed by atoms with Crippen molar-refractivity contribution >= 4 is 10.0 Å². The third kappa shape index (κ3) is 2.59. The van der Waals surface area contributed by atoms with Gasteiger partial charge in [0.05, 0.1) is 18.1 Å². The minimum atomic E-state index is -3.52. The molecule has 6 nitrogen and oxygen atoms in total. The number of benzene rings is 1. The van der Waals surface area contributed by atoms with Gasteiger partial charge >= 0.3 is 0 Å². The zero-order chi connectivity index (χ0) is 14.9. The summed E-state index contributed by atoms with van der Waals surface area (Å²) in [5, 5.41) is 4.15. The molecule has 1 aromatic carbocycles. The molecule has 0 amide bonds.